The van der Waals surface area contributed by atoms with Gasteiger partial charge in [0.1, 0.15) is 5.82 Å². The van der Waals surface area contributed by atoms with Crippen LogP contribution in [0, 0.1) is 11.7 Å². The van der Waals surface area contributed by atoms with Gasteiger partial charge in [-0.05, 0) is 54.7 Å². The number of ether oxygens (including phenoxy) is 1. The number of urea groups is 1. The minimum atomic E-state index is -0.245. The number of hydrogen-bond acceptors (Lipinski definition) is 2. The molecule has 144 valence electrons. The maximum absolute atomic E-state index is 12.9. The van der Waals surface area contributed by atoms with Gasteiger partial charge in [0.15, 0.2) is 0 Å². The lowest BCUT2D eigenvalue weighted by Gasteiger charge is -2.32. The first-order valence-electron chi connectivity index (χ1n) is 8.84. The fourth-order valence-electron chi connectivity index (χ4n) is 3.00. The normalized spacial score (nSPS) is 15.0. The molecule has 2 amide bonds. The lowest BCUT2D eigenvalue weighted by molar-refractivity contribution is 0.0640. The maximum atomic E-state index is 12.9. The third kappa shape index (κ3) is 5.83. The summed E-state index contributed by atoms with van der Waals surface area (Å²) in [4.78, 5) is 14.2. The minimum absolute atomic E-state index is 0.140. The summed E-state index contributed by atoms with van der Waals surface area (Å²) >= 11 is 11.9. The molecule has 2 aromatic carbocycles. The van der Waals surface area contributed by atoms with E-state index in [1.165, 1.54) is 12.1 Å². The topological polar surface area (TPSA) is 41.6 Å². The Morgan fingerprint density at radius 3 is 2.48 bits per heavy atom. The summed E-state index contributed by atoms with van der Waals surface area (Å²) in [5, 5.41) is 3.71. The Balaban J connectivity index is 1.39. The summed E-state index contributed by atoms with van der Waals surface area (Å²) in [7, 11) is 0. The fourth-order valence-corrected chi connectivity index (χ4v) is 3.30. The van der Waals surface area contributed by atoms with Crippen LogP contribution in [0.25, 0.3) is 0 Å². The average Bonchev–Trinajstić information content (AvgIpc) is 2.67. The number of benzene rings is 2. The number of piperidine rings is 1. The minimum Gasteiger partial charge on any atom is -0.376 e. The molecule has 0 aromatic heterocycles. The van der Waals surface area contributed by atoms with Crippen molar-refractivity contribution in [1.82, 2.24) is 4.90 Å². The van der Waals surface area contributed by atoms with Crippen LogP contribution in [0.15, 0.2) is 42.5 Å². The highest BCUT2D eigenvalue weighted by Gasteiger charge is 2.23. The van der Waals surface area contributed by atoms with Gasteiger partial charge < -0.3 is 15.0 Å². The van der Waals surface area contributed by atoms with Crippen molar-refractivity contribution in [1.29, 1.82) is 0 Å². The summed E-state index contributed by atoms with van der Waals surface area (Å²) in [5.74, 6) is 0.171. The zero-order valence-electron chi connectivity index (χ0n) is 14.8. The van der Waals surface area contributed by atoms with Gasteiger partial charge in [-0.25, -0.2) is 9.18 Å². The predicted molar refractivity (Wildman–Crippen MR) is 106 cm³/mol. The van der Waals surface area contributed by atoms with E-state index in [2.05, 4.69) is 5.32 Å². The number of carbonyl (C=O) groups is 1. The fraction of sp³-hybridized carbons (Fsp3) is 0.350. The third-order valence-electron chi connectivity index (χ3n) is 4.61. The van der Waals surface area contributed by atoms with E-state index in [1.54, 1.807) is 35.2 Å². The molecule has 0 saturated carbocycles. The molecule has 4 nitrogen and oxygen atoms in total. The van der Waals surface area contributed by atoms with Crippen molar-refractivity contribution < 1.29 is 13.9 Å². The van der Waals surface area contributed by atoms with Crippen molar-refractivity contribution in [2.75, 3.05) is 25.0 Å². The van der Waals surface area contributed by atoms with E-state index >= 15 is 0 Å². The molecule has 0 radical (unpaired) electrons. The number of amides is 2. The van der Waals surface area contributed by atoms with E-state index in [0.717, 1.165) is 18.4 Å². The zero-order chi connectivity index (χ0) is 19.2. The lowest BCUT2D eigenvalue weighted by Crippen LogP contribution is -2.41. The molecule has 2 aromatic rings. The van der Waals surface area contributed by atoms with Crippen molar-refractivity contribution >= 4 is 34.9 Å². The first-order chi connectivity index (χ1) is 13.0. The lowest BCUT2D eigenvalue weighted by atomic mass is 9.98. The van der Waals surface area contributed by atoms with Gasteiger partial charge in [-0.1, -0.05) is 35.3 Å². The Bertz CT molecular complexity index is 778. The van der Waals surface area contributed by atoms with E-state index in [1.807, 2.05) is 0 Å². The molecule has 1 fully saturated rings. The van der Waals surface area contributed by atoms with E-state index < -0.39 is 0 Å². The van der Waals surface area contributed by atoms with Crippen molar-refractivity contribution in [3.63, 3.8) is 0 Å². The highest BCUT2D eigenvalue weighted by atomic mass is 35.5. The first kappa shape index (κ1) is 19.9. The van der Waals surface area contributed by atoms with Crippen LogP contribution < -0.4 is 5.32 Å². The van der Waals surface area contributed by atoms with Gasteiger partial charge in [0, 0.05) is 25.4 Å². The average molecular weight is 411 g/mol. The Hall–Kier alpha value is -1.82. The Labute approximate surface area is 168 Å². The molecule has 1 aliphatic heterocycles. The van der Waals surface area contributed by atoms with Crippen molar-refractivity contribution in [3.05, 3.63) is 63.9 Å². The summed E-state index contributed by atoms with van der Waals surface area (Å²) < 4.78 is 18.6. The molecule has 0 unspecified atom stereocenters. The first-order valence-corrected chi connectivity index (χ1v) is 9.60. The number of likely N-dealkylation sites (tertiary alicyclic amines) is 1. The summed E-state index contributed by atoms with van der Waals surface area (Å²) in [6, 6.07) is 11.2. The van der Waals surface area contributed by atoms with Gasteiger partial charge >= 0.3 is 6.03 Å². The summed E-state index contributed by atoms with van der Waals surface area (Å²) in [6.45, 7) is 2.47. The molecule has 1 saturated heterocycles. The predicted octanol–water partition coefficient (Wildman–Crippen LogP) is 5.59. The molecule has 0 spiro atoms. The van der Waals surface area contributed by atoms with Crippen LogP contribution in [0.2, 0.25) is 10.0 Å². The van der Waals surface area contributed by atoms with Crippen molar-refractivity contribution in [2.45, 2.75) is 19.4 Å². The number of anilines is 1. The molecule has 1 aliphatic rings. The third-order valence-corrected chi connectivity index (χ3v) is 5.35. The number of nitrogens with zero attached hydrogens (tertiary/aromatic N) is 1. The summed E-state index contributed by atoms with van der Waals surface area (Å²) in [5.41, 5.74) is 1.58. The van der Waals surface area contributed by atoms with Gasteiger partial charge in [0.05, 0.1) is 16.7 Å². The number of halogens is 3. The largest absolute Gasteiger partial charge is 0.376 e. The van der Waals surface area contributed by atoms with Crippen LogP contribution in [-0.4, -0.2) is 30.6 Å². The van der Waals surface area contributed by atoms with Crippen LogP contribution in [-0.2, 0) is 11.3 Å². The highest BCUT2D eigenvalue weighted by molar-refractivity contribution is 6.42. The summed E-state index contributed by atoms with van der Waals surface area (Å²) in [6.07, 6.45) is 1.77. The van der Waals surface area contributed by atoms with E-state index in [9.17, 15) is 9.18 Å². The van der Waals surface area contributed by atoms with E-state index in [4.69, 9.17) is 27.9 Å². The zero-order valence-corrected chi connectivity index (χ0v) is 16.3. The Morgan fingerprint density at radius 2 is 1.81 bits per heavy atom. The molecule has 7 heteroatoms. The number of rotatable bonds is 5. The Kier molecular flexibility index (Phi) is 6.94. The van der Waals surface area contributed by atoms with Crippen LogP contribution in [0.5, 0.6) is 0 Å². The van der Waals surface area contributed by atoms with E-state index in [-0.39, 0.29) is 11.8 Å². The van der Waals surface area contributed by atoms with Crippen LogP contribution in [0.3, 0.4) is 0 Å². The standard InChI is InChI=1S/C20H21Cl2FN2O2/c21-18-6-5-17(11-19(18)22)24-20(26)25-9-7-15(8-10-25)13-27-12-14-1-3-16(23)4-2-14/h1-6,11,15H,7-10,12-13H2,(H,24,26). The van der Waals surface area contributed by atoms with Crippen LogP contribution >= 0.6 is 23.2 Å². The molecule has 0 bridgehead atoms. The molecule has 27 heavy (non-hydrogen) atoms. The highest BCUT2D eigenvalue weighted by Crippen LogP contribution is 2.25. The van der Waals surface area contributed by atoms with Gasteiger partial charge in [0.2, 0.25) is 0 Å². The number of hydrogen-bond donors (Lipinski definition) is 1. The molecule has 0 atom stereocenters. The quantitative estimate of drug-likeness (QED) is 0.697. The Morgan fingerprint density at radius 1 is 1.11 bits per heavy atom. The smallest absolute Gasteiger partial charge is 0.321 e. The van der Waals surface area contributed by atoms with Gasteiger partial charge in [0.25, 0.3) is 0 Å². The molecular weight excluding hydrogens is 390 g/mol. The van der Waals surface area contributed by atoms with Crippen molar-refractivity contribution in [3.8, 4) is 0 Å². The number of carbonyl (C=O) groups excluding carboxylic acids is 1. The molecule has 1 heterocycles. The SMILES string of the molecule is O=C(Nc1ccc(Cl)c(Cl)c1)N1CCC(COCc2ccc(F)cc2)CC1. The van der Waals surface area contributed by atoms with Gasteiger partial charge in [-0.2, -0.15) is 0 Å². The molecule has 1 N–H and O–H groups in total. The molecule has 0 aliphatic carbocycles. The van der Waals surface area contributed by atoms with Crippen LogP contribution in [0.1, 0.15) is 18.4 Å². The number of nitrogens with one attached hydrogen (secondary N) is 1. The monoisotopic (exact) mass is 410 g/mol. The van der Waals surface area contributed by atoms with Gasteiger partial charge in [-0.3, -0.25) is 0 Å². The van der Waals surface area contributed by atoms with Gasteiger partial charge in [-0.15, -0.1) is 0 Å². The van der Waals surface area contributed by atoms with E-state index in [0.29, 0.717) is 48.0 Å². The second-order valence-electron chi connectivity index (χ2n) is 6.63. The molecule has 3 rings (SSSR count). The maximum Gasteiger partial charge on any atom is 0.321 e. The second-order valence-corrected chi connectivity index (χ2v) is 7.45. The van der Waals surface area contributed by atoms with Crippen LogP contribution in [0.4, 0.5) is 14.9 Å². The van der Waals surface area contributed by atoms with Crippen molar-refractivity contribution in [2.24, 2.45) is 5.92 Å². The molecular formula is C20H21Cl2FN2O2. The second kappa shape index (κ2) is 9.40.